The number of nitrogens with zero attached hydrogens (tertiary/aromatic N) is 4. The van der Waals surface area contributed by atoms with Crippen LogP contribution < -0.4 is 0 Å². The van der Waals surface area contributed by atoms with Gasteiger partial charge in [-0.1, -0.05) is 17.3 Å². The number of para-hydroxylation sites is 1. The molecule has 2 heterocycles. The summed E-state index contributed by atoms with van der Waals surface area (Å²) in [4.78, 5) is 4.06. The number of halogens is 3. The molecule has 0 amide bonds. The fourth-order valence-electron chi connectivity index (χ4n) is 2.56. The highest BCUT2D eigenvalue weighted by Gasteiger charge is 2.39. The largest absolute Gasteiger partial charge is 0.396 e. The predicted octanol–water partition coefficient (Wildman–Crippen LogP) is 4.10. The lowest BCUT2D eigenvalue weighted by Crippen LogP contribution is -2.20. The molecule has 1 aromatic carbocycles. The van der Waals surface area contributed by atoms with Crippen LogP contribution in [-0.2, 0) is 0 Å². The third-order valence-corrected chi connectivity index (χ3v) is 4.14. The lowest BCUT2D eigenvalue weighted by atomic mass is 9.98. The zero-order chi connectivity index (χ0) is 16.8. The van der Waals surface area contributed by atoms with Gasteiger partial charge in [-0.3, -0.25) is 4.98 Å². The topological polar surface area (TPSA) is 43.6 Å². The number of alkyl halides is 3. The lowest BCUT2D eigenvalue weighted by molar-refractivity contribution is -0.147. The first kappa shape index (κ1) is 15.5. The Hall–Kier alpha value is -2.44. The summed E-state index contributed by atoms with van der Waals surface area (Å²) in [6.45, 7) is 4.55. The Morgan fingerprint density at radius 3 is 2.48 bits per heavy atom. The van der Waals surface area contributed by atoms with Crippen molar-refractivity contribution in [1.82, 2.24) is 20.0 Å². The Balaban J connectivity index is 2.14. The fraction of sp³-hybridized carbons (Fsp3) is 0.312. The van der Waals surface area contributed by atoms with Crippen molar-refractivity contribution in [2.24, 2.45) is 0 Å². The number of fused-ring (bicyclic) bond motifs is 1. The Kier molecular flexibility index (Phi) is 3.58. The van der Waals surface area contributed by atoms with Crippen LogP contribution in [-0.4, -0.2) is 26.2 Å². The van der Waals surface area contributed by atoms with Gasteiger partial charge >= 0.3 is 6.18 Å². The average Bonchev–Trinajstić information content (AvgIpc) is 2.92. The van der Waals surface area contributed by atoms with Gasteiger partial charge in [-0.15, -0.1) is 5.10 Å². The van der Waals surface area contributed by atoms with E-state index < -0.39 is 12.1 Å². The van der Waals surface area contributed by atoms with Gasteiger partial charge in [0.1, 0.15) is 5.52 Å². The molecule has 0 aliphatic heterocycles. The molecule has 2 aromatic heterocycles. The van der Waals surface area contributed by atoms with E-state index in [0.29, 0.717) is 16.8 Å². The third kappa shape index (κ3) is 2.56. The molecule has 0 aliphatic carbocycles. The highest BCUT2D eigenvalue weighted by atomic mass is 19.4. The van der Waals surface area contributed by atoms with Gasteiger partial charge in [0.15, 0.2) is 0 Å². The zero-order valence-corrected chi connectivity index (χ0v) is 12.9. The molecule has 3 rings (SSSR count). The van der Waals surface area contributed by atoms with Crippen molar-refractivity contribution in [3.63, 3.8) is 0 Å². The standard InChI is InChI=1S/C16H15F3N4/c1-9-10(2)15(11(3)16(17,18)19)20-8-14(9)23-13-7-5-4-6-12(13)21-22-23/h4-8,11H,1-3H3. The molecule has 0 saturated heterocycles. The SMILES string of the molecule is Cc1c(-n2nnc3ccccc32)cnc(C(C)C(F)(F)F)c1C. The molecule has 1 atom stereocenters. The van der Waals surface area contributed by atoms with Crippen molar-refractivity contribution in [3.8, 4) is 5.69 Å². The van der Waals surface area contributed by atoms with Crippen molar-refractivity contribution >= 4 is 11.0 Å². The molecule has 0 N–H and O–H groups in total. The minimum atomic E-state index is -4.31. The second-order valence-corrected chi connectivity index (χ2v) is 5.53. The van der Waals surface area contributed by atoms with Gasteiger partial charge in [-0.05, 0) is 44.0 Å². The second-order valence-electron chi connectivity index (χ2n) is 5.53. The highest BCUT2D eigenvalue weighted by Crippen LogP contribution is 2.36. The average molecular weight is 320 g/mol. The maximum absolute atomic E-state index is 13.0. The fourth-order valence-corrected chi connectivity index (χ4v) is 2.56. The summed E-state index contributed by atoms with van der Waals surface area (Å²) in [5.41, 5.74) is 3.41. The first-order valence-electron chi connectivity index (χ1n) is 7.14. The van der Waals surface area contributed by atoms with E-state index in [0.717, 1.165) is 18.0 Å². The van der Waals surface area contributed by atoms with E-state index in [2.05, 4.69) is 15.3 Å². The van der Waals surface area contributed by atoms with Gasteiger partial charge < -0.3 is 0 Å². The summed E-state index contributed by atoms with van der Waals surface area (Å²) in [6.07, 6.45) is -2.88. The summed E-state index contributed by atoms with van der Waals surface area (Å²) in [5.74, 6) is -1.61. The van der Waals surface area contributed by atoms with Crippen molar-refractivity contribution in [2.75, 3.05) is 0 Å². The summed E-state index contributed by atoms with van der Waals surface area (Å²) in [6, 6.07) is 7.40. The molecule has 23 heavy (non-hydrogen) atoms. The Morgan fingerprint density at radius 1 is 1.09 bits per heavy atom. The van der Waals surface area contributed by atoms with Gasteiger partial charge in [-0.2, -0.15) is 13.2 Å². The quantitative estimate of drug-likeness (QED) is 0.714. The molecule has 3 aromatic rings. The van der Waals surface area contributed by atoms with Crippen LogP contribution in [0.15, 0.2) is 30.5 Å². The molecule has 0 radical (unpaired) electrons. The Labute approximate surface area is 131 Å². The molecular formula is C16H15F3N4. The number of aromatic nitrogens is 4. The van der Waals surface area contributed by atoms with Crippen LogP contribution in [0.5, 0.6) is 0 Å². The molecule has 0 saturated carbocycles. The van der Waals surface area contributed by atoms with Crippen LogP contribution in [0.4, 0.5) is 13.2 Å². The maximum Gasteiger partial charge on any atom is 0.396 e. The molecule has 0 aliphatic rings. The number of benzene rings is 1. The number of hydrogen-bond donors (Lipinski definition) is 0. The van der Waals surface area contributed by atoms with E-state index in [4.69, 9.17) is 0 Å². The van der Waals surface area contributed by atoms with E-state index in [1.54, 1.807) is 18.5 Å². The molecular weight excluding hydrogens is 305 g/mol. The van der Waals surface area contributed by atoms with E-state index in [9.17, 15) is 13.2 Å². The Morgan fingerprint density at radius 2 is 1.78 bits per heavy atom. The van der Waals surface area contributed by atoms with E-state index >= 15 is 0 Å². The van der Waals surface area contributed by atoms with Crippen LogP contribution in [0.25, 0.3) is 16.7 Å². The minimum Gasteiger partial charge on any atom is -0.258 e. The van der Waals surface area contributed by atoms with Gasteiger partial charge in [0.25, 0.3) is 0 Å². The third-order valence-electron chi connectivity index (χ3n) is 4.14. The van der Waals surface area contributed by atoms with Gasteiger partial charge in [0, 0.05) is 0 Å². The van der Waals surface area contributed by atoms with E-state index in [1.807, 2.05) is 24.3 Å². The van der Waals surface area contributed by atoms with Crippen LogP contribution in [0.2, 0.25) is 0 Å². The number of rotatable bonds is 2. The van der Waals surface area contributed by atoms with Crippen molar-refractivity contribution in [1.29, 1.82) is 0 Å². The molecule has 1 unspecified atom stereocenters. The minimum absolute atomic E-state index is 0.0446. The molecule has 4 nitrogen and oxygen atoms in total. The summed E-state index contributed by atoms with van der Waals surface area (Å²) < 4.78 is 40.5. The van der Waals surface area contributed by atoms with Crippen LogP contribution >= 0.6 is 0 Å². The molecule has 7 heteroatoms. The maximum atomic E-state index is 13.0. The number of pyridine rings is 1. The van der Waals surface area contributed by atoms with Crippen LogP contribution in [0.3, 0.4) is 0 Å². The highest BCUT2D eigenvalue weighted by molar-refractivity contribution is 5.76. The summed E-state index contributed by atoms with van der Waals surface area (Å²) >= 11 is 0. The number of hydrogen-bond acceptors (Lipinski definition) is 3. The monoisotopic (exact) mass is 320 g/mol. The van der Waals surface area contributed by atoms with Gasteiger partial charge in [0.2, 0.25) is 0 Å². The van der Waals surface area contributed by atoms with Crippen molar-refractivity contribution < 1.29 is 13.2 Å². The first-order chi connectivity index (χ1) is 10.8. The van der Waals surface area contributed by atoms with Gasteiger partial charge in [-0.25, -0.2) is 4.68 Å². The van der Waals surface area contributed by atoms with E-state index in [-0.39, 0.29) is 5.69 Å². The summed E-state index contributed by atoms with van der Waals surface area (Å²) in [5, 5.41) is 8.16. The molecule has 0 bridgehead atoms. The first-order valence-corrected chi connectivity index (χ1v) is 7.14. The smallest absolute Gasteiger partial charge is 0.258 e. The van der Waals surface area contributed by atoms with Crippen molar-refractivity contribution in [3.05, 3.63) is 47.3 Å². The second kappa shape index (κ2) is 5.33. The molecule has 0 fully saturated rings. The zero-order valence-electron chi connectivity index (χ0n) is 12.9. The lowest BCUT2D eigenvalue weighted by Gasteiger charge is -2.19. The molecule has 120 valence electrons. The van der Waals surface area contributed by atoms with E-state index in [1.165, 1.54) is 6.20 Å². The van der Waals surface area contributed by atoms with Crippen molar-refractivity contribution in [2.45, 2.75) is 32.9 Å². The van der Waals surface area contributed by atoms with Gasteiger partial charge in [0.05, 0.1) is 29.0 Å². The molecule has 0 spiro atoms. The summed E-state index contributed by atoms with van der Waals surface area (Å²) in [7, 11) is 0. The van der Waals surface area contributed by atoms with Crippen LogP contribution in [0, 0.1) is 13.8 Å². The van der Waals surface area contributed by atoms with Crippen LogP contribution in [0.1, 0.15) is 29.7 Å². The Bertz CT molecular complexity index is 867. The predicted molar refractivity (Wildman–Crippen MR) is 80.6 cm³/mol. The normalized spacial score (nSPS) is 13.5.